The van der Waals surface area contributed by atoms with Crippen molar-refractivity contribution < 1.29 is 9.13 Å². The smallest absolute Gasteiger partial charge is 0.165 e. The largest absolute Gasteiger partial charge is 0.494 e. The summed E-state index contributed by atoms with van der Waals surface area (Å²) in [6.45, 7) is 0.862. The van der Waals surface area contributed by atoms with Gasteiger partial charge in [0.2, 0.25) is 0 Å². The van der Waals surface area contributed by atoms with Crippen molar-refractivity contribution in [2.75, 3.05) is 20.7 Å². The topological polar surface area (TPSA) is 47.0 Å². The second-order valence-corrected chi connectivity index (χ2v) is 4.77. The Morgan fingerprint density at radius 3 is 2.94 bits per heavy atom. The zero-order chi connectivity index (χ0) is 13.0. The second kappa shape index (κ2) is 5.88. The summed E-state index contributed by atoms with van der Waals surface area (Å²) in [6, 6.07) is 4.70. The van der Waals surface area contributed by atoms with Gasteiger partial charge in [0.1, 0.15) is 10.0 Å². The number of hydrogen-bond donors (Lipinski definition) is 1. The number of methoxy groups -OCH3 is 1. The first-order chi connectivity index (χ1) is 8.74. The van der Waals surface area contributed by atoms with Gasteiger partial charge < -0.3 is 10.1 Å². The highest BCUT2D eigenvalue weighted by atomic mass is 32.1. The van der Waals surface area contributed by atoms with E-state index in [9.17, 15) is 4.39 Å². The molecule has 18 heavy (non-hydrogen) atoms. The van der Waals surface area contributed by atoms with Crippen LogP contribution in [0.4, 0.5) is 4.39 Å². The number of nitrogens with zero attached hydrogens (tertiary/aromatic N) is 2. The summed E-state index contributed by atoms with van der Waals surface area (Å²) < 4.78 is 18.2. The minimum absolute atomic E-state index is 0.222. The average Bonchev–Trinajstić information content (AvgIpc) is 2.85. The molecular formula is C12H14FN3OS. The zero-order valence-corrected chi connectivity index (χ0v) is 11.1. The molecule has 0 spiro atoms. The number of halogens is 1. The van der Waals surface area contributed by atoms with E-state index in [1.807, 2.05) is 7.05 Å². The minimum Gasteiger partial charge on any atom is -0.494 e. The Hall–Kier alpha value is -1.53. The number of aromatic nitrogens is 2. The summed E-state index contributed by atoms with van der Waals surface area (Å²) in [5.41, 5.74) is 0.821. The third-order valence-electron chi connectivity index (χ3n) is 2.45. The number of likely N-dealkylation sites (N-methyl/N-ethyl adjacent to an activating group) is 1. The van der Waals surface area contributed by atoms with Gasteiger partial charge in [-0.25, -0.2) is 4.39 Å². The normalized spacial score (nSPS) is 10.6. The molecule has 0 atom stereocenters. The molecule has 96 valence electrons. The van der Waals surface area contributed by atoms with Gasteiger partial charge in [0.25, 0.3) is 0 Å². The van der Waals surface area contributed by atoms with Crippen LogP contribution in [0.3, 0.4) is 0 Å². The molecule has 0 aliphatic carbocycles. The quantitative estimate of drug-likeness (QED) is 0.901. The van der Waals surface area contributed by atoms with Crippen molar-refractivity contribution in [3.05, 3.63) is 29.0 Å². The number of benzene rings is 1. The third-order valence-corrected chi connectivity index (χ3v) is 3.49. The van der Waals surface area contributed by atoms with E-state index < -0.39 is 0 Å². The van der Waals surface area contributed by atoms with Crippen LogP contribution in [0.25, 0.3) is 10.6 Å². The number of nitrogens with one attached hydrogen (secondary N) is 1. The molecule has 0 fully saturated rings. The molecule has 0 radical (unpaired) electrons. The van der Waals surface area contributed by atoms with Crippen LogP contribution in [-0.4, -0.2) is 30.9 Å². The monoisotopic (exact) mass is 267 g/mol. The van der Waals surface area contributed by atoms with Gasteiger partial charge >= 0.3 is 0 Å². The van der Waals surface area contributed by atoms with Crippen LogP contribution in [0.5, 0.6) is 5.75 Å². The first-order valence-corrected chi connectivity index (χ1v) is 6.37. The molecule has 1 heterocycles. The van der Waals surface area contributed by atoms with Gasteiger partial charge in [0.15, 0.2) is 11.6 Å². The maximum absolute atomic E-state index is 13.3. The summed E-state index contributed by atoms with van der Waals surface area (Å²) in [5, 5.41) is 13.0. The van der Waals surface area contributed by atoms with Crippen LogP contribution in [0.1, 0.15) is 5.01 Å². The molecule has 2 aromatic rings. The first kappa shape index (κ1) is 12.9. The fraction of sp³-hybridized carbons (Fsp3) is 0.333. The molecule has 0 aliphatic rings. The van der Waals surface area contributed by atoms with E-state index in [1.165, 1.54) is 24.5 Å². The van der Waals surface area contributed by atoms with Crippen LogP contribution >= 0.6 is 11.3 Å². The van der Waals surface area contributed by atoms with Gasteiger partial charge in [0, 0.05) is 18.5 Å². The molecule has 4 nitrogen and oxygen atoms in total. The van der Waals surface area contributed by atoms with Crippen molar-refractivity contribution >= 4 is 11.3 Å². The van der Waals surface area contributed by atoms with Crippen LogP contribution < -0.4 is 10.1 Å². The van der Waals surface area contributed by atoms with Crippen LogP contribution in [0, 0.1) is 5.82 Å². The predicted molar refractivity (Wildman–Crippen MR) is 69.5 cm³/mol. The van der Waals surface area contributed by atoms with Crippen LogP contribution in [0.2, 0.25) is 0 Å². The average molecular weight is 267 g/mol. The Kier molecular flexibility index (Phi) is 4.22. The molecule has 0 unspecified atom stereocenters. The molecule has 1 aromatic heterocycles. The molecule has 0 bridgehead atoms. The number of ether oxygens (including phenoxy) is 1. The molecule has 2 rings (SSSR count). The summed E-state index contributed by atoms with van der Waals surface area (Å²) >= 11 is 1.51. The molecule has 0 saturated heterocycles. The molecule has 0 amide bonds. The summed E-state index contributed by atoms with van der Waals surface area (Å²) in [7, 11) is 3.34. The molecule has 1 N–H and O–H groups in total. The fourth-order valence-corrected chi connectivity index (χ4v) is 2.33. The van der Waals surface area contributed by atoms with Crippen LogP contribution in [-0.2, 0) is 6.42 Å². The van der Waals surface area contributed by atoms with Crippen molar-refractivity contribution in [3.63, 3.8) is 0 Å². The Morgan fingerprint density at radius 2 is 2.22 bits per heavy atom. The van der Waals surface area contributed by atoms with E-state index in [4.69, 9.17) is 4.74 Å². The number of hydrogen-bond acceptors (Lipinski definition) is 5. The highest BCUT2D eigenvalue weighted by molar-refractivity contribution is 7.14. The van der Waals surface area contributed by atoms with Crippen molar-refractivity contribution in [2.45, 2.75) is 6.42 Å². The SMILES string of the molecule is CNCCc1nnc(-c2ccc(F)c(OC)c2)s1. The highest BCUT2D eigenvalue weighted by Crippen LogP contribution is 2.28. The molecule has 1 aromatic carbocycles. The summed E-state index contributed by atoms with van der Waals surface area (Å²) in [4.78, 5) is 0. The lowest BCUT2D eigenvalue weighted by atomic mass is 10.2. The van der Waals surface area contributed by atoms with Gasteiger partial charge in [-0.3, -0.25) is 0 Å². The standard InChI is InChI=1S/C12H14FN3OS/c1-14-6-5-11-15-16-12(18-11)8-3-4-9(13)10(7-8)17-2/h3-4,7,14H,5-6H2,1-2H3. The summed E-state index contributed by atoms with van der Waals surface area (Å²) in [6.07, 6.45) is 0.840. The lowest BCUT2D eigenvalue weighted by Crippen LogP contribution is -2.09. The molecule has 6 heteroatoms. The molecular weight excluding hydrogens is 253 g/mol. The minimum atomic E-state index is -0.374. The second-order valence-electron chi connectivity index (χ2n) is 3.70. The van der Waals surface area contributed by atoms with Gasteiger partial charge in [0.05, 0.1) is 7.11 Å². The Balaban J connectivity index is 2.23. The van der Waals surface area contributed by atoms with Gasteiger partial charge in [-0.05, 0) is 25.2 Å². The predicted octanol–water partition coefficient (Wildman–Crippen LogP) is 2.11. The van der Waals surface area contributed by atoms with Gasteiger partial charge in [-0.1, -0.05) is 11.3 Å². The third kappa shape index (κ3) is 2.83. The van der Waals surface area contributed by atoms with E-state index in [-0.39, 0.29) is 11.6 Å². The van der Waals surface area contributed by atoms with Crippen molar-refractivity contribution in [3.8, 4) is 16.3 Å². The number of rotatable bonds is 5. The lowest BCUT2D eigenvalue weighted by molar-refractivity contribution is 0.387. The van der Waals surface area contributed by atoms with Crippen molar-refractivity contribution in [2.24, 2.45) is 0 Å². The first-order valence-electron chi connectivity index (χ1n) is 5.55. The Labute approximate surface area is 109 Å². The maximum atomic E-state index is 13.3. The Morgan fingerprint density at radius 1 is 1.39 bits per heavy atom. The van der Waals surface area contributed by atoms with E-state index >= 15 is 0 Å². The zero-order valence-electron chi connectivity index (χ0n) is 10.2. The van der Waals surface area contributed by atoms with E-state index in [0.29, 0.717) is 0 Å². The van der Waals surface area contributed by atoms with E-state index in [2.05, 4.69) is 15.5 Å². The summed E-state index contributed by atoms with van der Waals surface area (Å²) in [5.74, 6) is -0.152. The van der Waals surface area contributed by atoms with Crippen LogP contribution in [0.15, 0.2) is 18.2 Å². The molecule has 0 aliphatic heterocycles. The molecule has 0 saturated carbocycles. The van der Waals surface area contributed by atoms with E-state index in [0.717, 1.165) is 28.5 Å². The Bertz CT molecular complexity index is 530. The van der Waals surface area contributed by atoms with Crippen molar-refractivity contribution in [1.82, 2.24) is 15.5 Å². The fourth-order valence-electron chi connectivity index (χ4n) is 1.50. The van der Waals surface area contributed by atoms with E-state index in [1.54, 1.807) is 12.1 Å². The van der Waals surface area contributed by atoms with Gasteiger partial charge in [-0.2, -0.15) is 0 Å². The maximum Gasteiger partial charge on any atom is 0.165 e. The lowest BCUT2D eigenvalue weighted by Gasteiger charge is -2.02. The van der Waals surface area contributed by atoms with Gasteiger partial charge in [-0.15, -0.1) is 10.2 Å². The highest BCUT2D eigenvalue weighted by Gasteiger charge is 2.09. The van der Waals surface area contributed by atoms with Crippen molar-refractivity contribution in [1.29, 1.82) is 0 Å².